The van der Waals surface area contributed by atoms with Crippen molar-refractivity contribution in [1.29, 1.82) is 0 Å². The van der Waals surface area contributed by atoms with Crippen LogP contribution in [0.3, 0.4) is 0 Å². The lowest BCUT2D eigenvalue weighted by Crippen LogP contribution is -2.51. The van der Waals surface area contributed by atoms with E-state index in [1.165, 1.54) is 12.5 Å². The highest BCUT2D eigenvalue weighted by atomic mass is 16.6. The fourth-order valence-corrected chi connectivity index (χ4v) is 9.22. The zero-order valence-corrected chi connectivity index (χ0v) is 35.9. The number of hydrogen-bond acceptors (Lipinski definition) is 12. The predicted octanol–water partition coefficient (Wildman–Crippen LogP) is 8.16. The van der Waals surface area contributed by atoms with Crippen molar-refractivity contribution in [3.05, 3.63) is 42.6 Å². The summed E-state index contributed by atoms with van der Waals surface area (Å²) in [6, 6.07) is 6.56. The molecule has 0 aromatic carbocycles. The summed E-state index contributed by atoms with van der Waals surface area (Å²) in [4.78, 5) is 50.5. The van der Waals surface area contributed by atoms with Gasteiger partial charge in [0.25, 0.3) is 5.95 Å². The molecule has 3 amide bonds. The normalized spacial score (nSPS) is 25.3. The molecule has 326 valence electrons. The maximum absolute atomic E-state index is 12.9. The molecule has 15 heteroatoms. The molecule has 3 N–H and O–H groups in total. The molecule has 7 unspecified atom stereocenters. The van der Waals surface area contributed by atoms with Crippen LogP contribution in [0.15, 0.2) is 45.6 Å². The summed E-state index contributed by atoms with van der Waals surface area (Å²) >= 11 is 0. The van der Waals surface area contributed by atoms with Gasteiger partial charge >= 0.3 is 24.2 Å². The smallest absolute Gasteiger partial charge is 0.415 e. The second-order valence-electron chi connectivity index (χ2n) is 18.9. The van der Waals surface area contributed by atoms with Crippen molar-refractivity contribution in [2.45, 2.75) is 138 Å². The molecule has 15 nitrogen and oxygen atoms in total. The number of carbonyl (C=O) groups excluding carboxylic acids is 4. The number of ether oxygens (including phenoxy) is 6. The van der Waals surface area contributed by atoms with Gasteiger partial charge in [-0.3, -0.25) is 4.79 Å². The van der Waals surface area contributed by atoms with Gasteiger partial charge in [0.15, 0.2) is 6.61 Å². The topological polar surface area (TPSA) is 186 Å². The maximum Gasteiger partial charge on any atom is 0.415 e. The highest BCUT2D eigenvalue weighted by Gasteiger charge is 2.43. The van der Waals surface area contributed by atoms with Gasteiger partial charge in [0.1, 0.15) is 18.5 Å². The molecular formula is C43H67N3O12. The van der Waals surface area contributed by atoms with Crippen LogP contribution in [0.4, 0.5) is 14.4 Å². The molecule has 0 saturated heterocycles. The summed E-state index contributed by atoms with van der Waals surface area (Å²) in [6.45, 7) is 19.8. The van der Waals surface area contributed by atoms with Gasteiger partial charge in [-0.1, -0.05) is 41.5 Å². The standard InChI is InChI=1S/C43H67N3O12/c1-29(54-23-31(3)57-38(49)45-28-43(9)20-33(19-41(6,7)26-43)46-39(50)58-36-13-11-15-52-36)21-53-30(2)22-55-35(47)16-32-17-40(4,5)25-42(8,18-32)27-44-37(48)56-24-34-12-10-14-51-34/h10-15,29-33H,16-28H2,1-9H3,(H,44,48)(H,45,49)(H,46,50). The van der Waals surface area contributed by atoms with Crippen LogP contribution in [0.25, 0.3) is 0 Å². The zero-order chi connectivity index (χ0) is 42.6. The lowest BCUT2D eigenvalue weighted by atomic mass is 9.60. The average Bonchev–Trinajstić information content (AvgIpc) is 3.83. The first kappa shape index (κ1) is 46.4. The van der Waals surface area contributed by atoms with E-state index in [0.717, 1.165) is 32.1 Å². The van der Waals surface area contributed by atoms with Gasteiger partial charge < -0.3 is 53.2 Å². The number of amides is 3. The monoisotopic (exact) mass is 817 g/mol. The highest BCUT2D eigenvalue weighted by molar-refractivity contribution is 5.70. The van der Waals surface area contributed by atoms with Crippen molar-refractivity contribution in [2.75, 3.05) is 32.9 Å². The Bertz CT molecular complexity index is 1590. The van der Waals surface area contributed by atoms with Crippen molar-refractivity contribution < 1.29 is 56.4 Å². The number of alkyl carbamates (subject to hydrolysis) is 2. The van der Waals surface area contributed by atoms with Gasteiger partial charge in [-0.25, -0.2) is 14.4 Å². The van der Waals surface area contributed by atoms with Crippen LogP contribution < -0.4 is 20.7 Å². The molecule has 2 saturated carbocycles. The van der Waals surface area contributed by atoms with E-state index < -0.39 is 24.4 Å². The van der Waals surface area contributed by atoms with Crippen LogP contribution in [0.5, 0.6) is 5.95 Å². The van der Waals surface area contributed by atoms with Crippen LogP contribution >= 0.6 is 0 Å². The van der Waals surface area contributed by atoms with E-state index in [0.29, 0.717) is 25.3 Å². The Morgan fingerprint density at radius 3 is 1.97 bits per heavy atom. The van der Waals surface area contributed by atoms with Crippen molar-refractivity contribution in [1.82, 2.24) is 16.0 Å². The second kappa shape index (κ2) is 20.6. The van der Waals surface area contributed by atoms with Gasteiger partial charge in [-0.2, -0.15) is 0 Å². The van der Waals surface area contributed by atoms with Gasteiger partial charge in [0.05, 0.1) is 37.9 Å². The lowest BCUT2D eigenvalue weighted by molar-refractivity contribution is -0.150. The number of hydrogen-bond donors (Lipinski definition) is 3. The van der Waals surface area contributed by atoms with Gasteiger partial charge in [-0.15, -0.1) is 0 Å². The van der Waals surface area contributed by atoms with E-state index in [4.69, 9.17) is 37.3 Å². The van der Waals surface area contributed by atoms with Crippen molar-refractivity contribution in [2.24, 2.45) is 27.6 Å². The van der Waals surface area contributed by atoms with Crippen molar-refractivity contribution in [3.8, 4) is 5.95 Å². The number of nitrogens with one attached hydrogen (secondary N) is 3. The molecule has 2 fully saturated rings. The van der Waals surface area contributed by atoms with E-state index in [-0.39, 0.29) is 90.6 Å². The first-order valence-electron chi connectivity index (χ1n) is 20.5. The molecule has 0 aliphatic heterocycles. The Morgan fingerprint density at radius 1 is 0.707 bits per heavy atom. The molecule has 2 heterocycles. The minimum Gasteiger partial charge on any atom is -0.466 e. The zero-order valence-electron chi connectivity index (χ0n) is 35.9. The second-order valence-corrected chi connectivity index (χ2v) is 18.9. The summed E-state index contributed by atoms with van der Waals surface area (Å²) in [5.74, 6) is 0.540. The Kier molecular flexibility index (Phi) is 16.5. The number of rotatable bonds is 19. The summed E-state index contributed by atoms with van der Waals surface area (Å²) in [7, 11) is 0. The summed E-state index contributed by atoms with van der Waals surface area (Å²) in [5, 5.41) is 8.75. The molecule has 58 heavy (non-hydrogen) atoms. The van der Waals surface area contributed by atoms with Crippen LogP contribution in [-0.4, -0.2) is 81.5 Å². The first-order chi connectivity index (χ1) is 27.2. The van der Waals surface area contributed by atoms with Crippen molar-refractivity contribution >= 4 is 24.2 Å². The average molecular weight is 818 g/mol. The summed E-state index contributed by atoms with van der Waals surface area (Å²) in [6.07, 6.45) is 5.34. The van der Waals surface area contributed by atoms with Gasteiger partial charge in [-0.05, 0) is 105 Å². The Labute approximate surface area is 343 Å². The van der Waals surface area contributed by atoms with Gasteiger partial charge in [0.2, 0.25) is 0 Å². The quantitative estimate of drug-likeness (QED) is 0.0914. The highest BCUT2D eigenvalue weighted by Crippen LogP contribution is 2.49. The third-order valence-electron chi connectivity index (χ3n) is 10.7. The van der Waals surface area contributed by atoms with Crippen LogP contribution in [-0.2, 0) is 35.1 Å². The molecule has 2 aliphatic carbocycles. The molecule has 2 aromatic heterocycles. The van der Waals surface area contributed by atoms with Crippen molar-refractivity contribution in [3.63, 3.8) is 0 Å². The number of carbonyl (C=O) groups is 4. The fraction of sp³-hybridized carbons (Fsp3) is 0.721. The summed E-state index contributed by atoms with van der Waals surface area (Å²) in [5.41, 5.74) is -0.572. The number of furan rings is 2. The minimum absolute atomic E-state index is 0.00886. The van der Waals surface area contributed by atoms with Crippen LogP contribution in [0, 0.1) is 27.6 Å². The molecule has 2 aromatic rings. The largest absolute Gasteiger partial charge is 0.466 e. The first-order valence-corrected chi connectivity index (χ1v) is 20.5. The minimum atomic E-state index is -0.576. The molecule has 0 spiro atoms. The maximum atomic E-state index is 12.9. The Morgan fingerprint density at radius 2 is 1.31 bits per heavy atom. The van der Waals surface area contributed by atoms with Crippen LogP contribution in [0.1, 0.15) is 113 Å². The Balaban J connectivity index is 1.08. The van der Waals surface area contributed by atoms with E-state index in [9.17, 15) is 19.2 Å². The molecule has 4 rings (SSSR count). The predicted molar refractivity (Wildman–Crippen MR) is 214 cm³/mol. The van der Waals surface area contributed by atoms with E-state index in [1.807, 2.05) is 13.8 Å². The third-order valence-corrected chi connectivity index (χ3v) is 10.7. The Hall–Kier alpha value is -4.24. The third kappa shape index (κ3) is 16.6. The van der Waals surface area contributed by atoms with Crippen LogP contribution in [0.2, 0.25) is 0 Å². The van der Waals surface area contributed by atoms with E-state index in [2.05, 4.69) is 57.5 Å². The summed E-state index contributed by atoms with van der Waals surface area (Å²) < 4.78 is 43.8. The molecule has 0 radical (unpaired) electrons. The fourth-order valence-electron chi connectivity index (χ4n) is 9.22. The van der Waals surface area contributed by atoms with E-state index >= 15 is 0 Å². The molecule has 2 aliphatic rings. The molecule has 0 bridgehead atoms. The van der Waals surface area contributed by atoms with Gasteiger partial charge in [0, 0.05) is 31.6 Å². The molecular weight excluding hydrogens is 750 g/mol. The lowest BCUT2D eigenvalue weighted by Gasteiger charge is -2.46. The number of esters is 1. The molecule has 7 atom stereocenters. The van der Waals surface area contributed by atoms with E-state index in [1.54, 1.807) is 31.2 Å². The SMILES string of the molecule is CC(COC(=O)CC1CC(C)(C)CC(C)(CNC(=O)OCc2ccco2)C1)OCC(C)OCC(C)OC(=O)NCC1(C)CC(NC(=O)Oc2ccco2)CC(C)(C)C1.